The Bertz CT molecular complexity index is 93.8. The summed E-state index contributed by atoms with van der Waals surface area (Å²) in [7, 11) is 0. The Hall–Kier alpha value is 0.310. The van der Waals surface area contributed by atoms with Gasteiger partial charge in [0.1, 0.15) is 0 Å². The van der Waals surface area contributed by atoms with E-state index in [2.05, 4.69) is 44.8 Å². The van der Waals surface area contributed by atoms with Crippen LogP contribution in [0.4, 0.5) is 0 Å². The summed E-state index contributed by atoms with van der Waals surface area (Å²) in [6.07, 6.45) is 0. The highest BCUT2D eigenvalue weighted by Gasteiger charge is 2.01. The quantitative estimate of drug-likeness (QED) is 0.661. The topological polar surface area (TPSA) is 12.0 Å². The molecule has 0 radical (unpaired) electrons. The fourth-order valence-corrected chi connectivity index (χ4v) is 2.08. The lowest BCUT2D eigenvalue weighted by molar-refractivity contribution is 0.573. The molecule has 0 aliphatic rings. The van der Waals surface area contributed by atoms with Crippen molar-refractivity contribution < 1.29 is 0 Å². The molecule has 0 saturated heterocycles. The summed E-state index contributed by atoms with van der Waals surface area (Å²) in [6.45, 7) is 11.3. The van der Waals surface area contributed by atoms with E-state index in [1.807, 2.05) is 0 Å². The van der Waals surface area contributed by atoms with Crippen LogP contribution in [0.25, 0.3) is 0 Å². The van der Waals surface area contributed by atoms with E-state index in [1.165, 1.54) is 18.1 Å². The van der Waals surface area contributed by atoms with Gasteiger partial charge in [-0.1, -0.05) is 27.7 Å². The molecule has 1 N–H and O–H groups in total. The summed E-state index contributed by atoms with van der Waals surface area (Å²) in [6, 6.07) is 0. The van der Waals surface area contributed by atoms with E-state index in [1.54, 1.807) is 0 Å². The zero-order valence-corrected chi connectivity index (χ0v) is 9.71. The van der Waals surface area contributed by atoms with E-state index >= 15 is 0 Å². The average molecular weight is 189 g/mol. The highest BCUT2D eigenvalue weighted by molar-refractivity contribution is 7.99. The molecule has 0 bridgehead atoms. The predicted molar refractivity (Wildman–Crippen MR) is 59.9 cm³/mol. The number of thioether (sulfide) groups is 1. The number of hydrogen-bond donors (Lipinski definition) is 1. The van der Waals surface area contributed by atoms with Crippen molar-refractivity contribution in [2.75, 3.05) is 24.6 Å². The molecule has 0 rings (SSSR count). The number of nitrogens with one attached hydrogen (secondary N) is 1. The van der Waals surface area contributed by atoms with Crippen LogP contribution in [0.1, 0.15) is 27.7 Å². The molecular formula is C10H23NS. The van der Waals surface area contributed by atoms with Gasteiger partial charge in [0.2, 0.25) is 0 Å². The minimum atomic E-state index is 0.814. The van der Waals surface area contributed by atoms with Crippen LogP contribution in [0.3, 0.4) is 0 Å². The molecule has 0 spiro atoms. The molecule has 0 aromatic carbocycles. The van der Waals surface area contributed by atoms with Crippen molar-refractivity contribution >= 4 is 11.8 Å². The molecule has 0 heterocycles. The molecule has 0 aliphatic heterocycles. The third-order valence-electron chi connectivity index (χ3n) is 1.60. The lowest BCUT2D eigenvalue weighted by Gasteiger charge is -2.11. The summed E-state index contributed by atoms with van der Waals surface area (Å²) in [5, 5.41) is 3.37. The van der Waals surface area contributed by atoms with Gasteiger partial charge in [0.05, 0.1) is 0 Å². The van der Waals surface area contributed by atoms with Gasteiger partial charge in [0.15, 0.2) is 0 Å². The van der Waals surface area contributed by atoms with E-state index in [4.69, 9.17) is 0 Å². The zero-order valence-electron chi connectivity index (χ0n) is 8.89. The molecule has 1 unspecified atom stereocenters. The number of rotatable bonds is 7. The molecule has 12 heavy (non-hydrogen) atoms. The Labute approximate surface area is 81.7 Å². The molecule has 2 heteroatoms. The first kappa shape index (κ1) is 12.3. The third-order valence-corrected chi connectivity index (χ3v) is 3.30. The predicted octanol–water partition coefficient (Wildman–Crippen LogP) is 2.62. The monoisotopic (exact) mass is 189 g/mol. The van der Waals surface area contributed by atoms with Gasteiger partial charge < -0.3 is 5.32 Å². The Balaban J connectivity index is 3.13. The Kier molecular flexibility index (Phi) is 8.14. The van der Waals surface area contributed by atoms with Crippen LogP contribution in [0, 0.1) is 11.8 Å². The largest absolute Gasteiger partial charge is 0.317 e. The van der Waals surface area contributed by atoms with Crippen molar-refractivity contribution in [3.05, 3.63) is 0 Å². The molecular weight excluding hydrogens is 166 g/mol. The minimum absolute atomic E-state index is 0.814. The molecule has 1 nitrogen and oxygen atoms in total. The summed E-state index contributed by atoms with van der Waals surface area (Å²) in [4.78, 5) is 0. The molecule has 0 aliphatic carbocycles. The van der Waals surface area contributed by atoms with Gasteiger partial charge in [-0.25, -0.2) is 0 Å². The molecule has 0 aromatic heterocycles. The van der Waals surface area contributed by atoms with Crippen LogP contribution in [0.5, 0.6) is 0 Å². The third kappa shape index (κ3) is 8.41. The lowest BCUT2D eigenvalue weighted by Crippen LogP contribution is -2.22. The summed E-state index contributed by atoms with van der Waals surface area (Å²) >= 11 is 2.08. The van der Waals surface area contributed by atoms with Crippen molar-refractivity contribution in [1.82, 2.24) is 5.32 Å². The van der Waals surface area contributed by atoms with Crippen LogP contribution >= 0.6 is 11.8 Å². The van der Waals surface area contributed by atoms with Gasteiger partial charge in [-0.3, -0.25) is 0 Å². The van der Waals surface area contributed by atoms with Crippen LogP contribution < -0.4 is 5.32 Å². The fraction of sp³-hybridized carbons (Fsp3) is 1.00. The van der Waals surface area contributed by atoms with Gasteiger partial charge in [0.25, 0.3) is 0 Å². The van der Waals surface area contributed by atoms with E-state index < -0.39 is 0 Å². The molecule has 74 valence electrons. The number of hydrogen-bond acceptors (Lipinski definition) is 2. The van der Waals surface area contributed by atoms with Gasteiger partial charge in [-0.15, -0.1) is 0 Å². The van der Waals surface area contributed by atoms with Crippen molar-refractivity contribution in [3.8, 4) is 0 Å². The highest BCUT2D eigenvalue weighted by atomic mass is 32.2. The maximum Gasteiger partial charge on any atom is -0.00154 e. The van der Waals surface area contributed by atoms with Gasteiger partial charge >= 0.3 is 0 Å². The second-order valence-corrected chi connectivity index (χ2v) is 4.92. The minimum Gasteiger partial charge on any atom is -0.317 e. The first-order chi connectivity index (χ1) is 5.66. The lowest BCUT2D eigenvalue weighted by atomic mass is 10.2. The van der Waals surface area contributed by atoms with Gasteiger partial charge in [-0.05, 0) is 36.4 Å². The van der Waals surface area contributed by atoms with Crippen molar-refractivity contribution in [2.24, 2.45) is 11.8 Å². The van der Waals surface area contributed by atoms with Crippen LogP contribution in [0.2, 0.25) is 0 Å². The van der Waals surface area contributed by atoms with Crippen molar-refractivity contribution in [2.45, 2.75) is 27.7 Å². The summed E-state index contributed by atoms with van der Waals surface area (Å²) in [5.41, 5.74) is 0. The van der Waals surface area contributed by atoms with E-state index in [-0.39, 0.29) is 0 Å². The maximum absolute atomic E-state index is 3.37. The van der Waals surface area contributed by atoms with Crippen LogP contribution in [0.15, 0.2) is 0 Å². The van der Waals surface area contributed by atoms with Gasteiger partial charge in [-0.2, -0.15) is 11.8 Å². The van der Waals surface area contributed by atoms with E-state index in [0.29, 0.717) is 0 Å². The molecule has 0 amide bonds. The molecule has 0 fully saturated rings. The van der Waals surface area contributed by atoms with E-state index in [9.17, 15) is 0 Å². The van der Waals surface area contributed by atoms with Crippen molar-refractivity contribution in [1.29, 1.82) is 0 Å². The SMILES string of the molecule is CCNCC(C)CSCC(C)C. The Morgan fingerprint density at radius 2 is 1.83 bits per heavy atom. The second kappa shape index (κ2) is 7.93. The summed E-state index contributed by atoms with van der Waals surface area (Å²) in [5.74, 6) is 4.25. The second-order valence-electron chi connectivity index (χ2n) is 3.84. The first-order valence-corrected chi connectivity index (χ1v) is 6.10. The average Bonchev–Trinajstić information content (AvgIpc) is 2.00. The first-order valence-electron chi connectivity index (χ1n) is 4.95. The van der Waals surface area contributed by atoms with Crippen molar-refractivity contribution in [3.63, 3.8) is 0 Å². The summed E-state index contributed by atoms with van der Waals surface area (Å²) < 4.78 is 0. The highest BCUT2D eigenvalue weighted by Crippen LogP contribution is 2.11. The fourth-order valence-electron chi connectivity index (χ4n) is 0.955. The standard InChI is InChI=1S/C10H23NS/c1-5-11-6-10(4)8-12-7-9(2)3/h9-11H,5-8H2,1-4H3. The zero-order chi connectivity index (χ0) is 9.40. The van der Waals surface area contributed by atoms with Crippen LogP contribution in [-0.4, -0.2) is 24.6 Å². The van der Waals surface area contributed by atoms with Crippen LogP contribution in [-0.2, 0) is 0 Å². The Morgan fingerprint density at radius 3 is 2.33 bits per heavy atom. The Morgan fingerprint density at radius 1 is 1.17 bits per heavy atom. The molecule has 0 aromatic rings. The van der Waals surface area contributed by atoms with E-state index in [0.717, 1.165) is 18.4 Å². The molecule has 0 saturated carbocycles. The van der Waals surface area contributed by atoms with Gasteiger partial charge in [0, 0.05) is 0 Å². The smallest absolute Gasteiger partial charge is 0.00154 e. The normalized spacial score (nSPS) is 13.8. The maximum atomic E-state index is 3.37. The molecule has 1 atom stereocenters.